The largest absolute Gasteiger partial charge is 0.379 e. The number of nitrogens with one attached hydrogen (secondary N) is 1. The van der Waals surface area contributed by atoms with Gasteiger partial charge in [0.1, 0.15) is 0 Å². The van der Waals surface area contributed by atoms with E-state index in [1.807, 2.05) is 0 Å². The highest BCUT2D eigenvalue weighted by Crippen LogP contribution is 1.98. The van der Waals surface area contributed by atoms with E-state index in [0.717, 1.165) is 13.0 Å². The summed E-state index contributed by atoms with van der Waals surface area (Å²) >= 11 is 3.85. The van der Waals surface area contributed by atoms with Crippen molar-refractivity contribution < 1.29 is 19.0 Å². The first-order valence-corrected chi connectivity index (χ1v) is 7.40. The number of hydrogen-bond donors (Lipinski definition) is 2. The molecule has 1 N–H and O–H groups in total. The second kappa shape index (κ2) is 14.1. The van der Waals surface area contributed by atoms with Gasteiger partial charge in [-0.05, 0) is 12.3 Å². The predicted octanol–water partition coefficient (Wildman–Crippen LogP) is 1.13. The first-order chi connectivity index (χ1) is 9.16. The minimum atomic E-state index is -0.0817. The van der Waals surface area contributed by atoms with Crippen molar-refractivity contribution in [2.45, 2.75) is 20.3 Å². The van der Waals surface area contributed by atoms with Gasteiger partial charge in [-0.3, -0.25) is 4.79 Å². The standard InChI is InChI=1S/C13H27NO4S/c1-12(2)3-5-16-7-9-18-10-8-17-6-4-14-13(15)11-19/h12,19H,3-11H2,1-2H3,(H,14,15). The maximum Gasteiger partial charge on any atom is 0.229 e. The Kier molecular flexibility index (Phi) is 13.9. The van der Waals surface area contributed by atoms with Crippen LogP contribution in [-0.4, -0.2) is 57.8 Å². The predicted molar refractivity (Wildman–Crippen MR) is 78.8 cm³/mol. The van der Waals surface area contributed by atoms with Crippen LogP contribution in [-0.2, 0) is 19.0 Å². The zero-order valence-electron chi connectivity index (χ0n) is 12.0. The summed E-state index contributed by atoms with van der Waals surface area (Å²) in [5, 5.41) is 2.67. The molecule has 0 aliphatic rings. The molecule has 0 bridgehead atoms. The summed E-state index contributed by atoms with van der Waals surface area (Å²) < 4.78 is 16.0. The van der Waals surface area contributed by atoms with Crippen LogP contribution in [0.25, 0.3) is 0 Å². The molecule has 0 atom stereocenters. The smallest absolute Gasteiger partial charge is 0.229 e. The summed E-state index contributed by atoms with van der Waals surface area (Å²) in [5.74, 6) is 0.805. The van der Waals surface area contributed by atoms with Crippen LogP contribution in [0.1, 0.15) is 20.3 Å². The molecular formula is C13H27NO4S. The fourth-order valence-electron chi connectivity index (χ4n) is 1.18. The highest BCUT2D eigenvalue weighted by molar-refractivity contribution is 7.81. The molecular weight excluding hydrogens is 266 g/mol. The van der Waals surface area contributed by atoms with Gasteiger partial charge in [-0.25, -0.2) is 0 Å². The number of ether oxygens (including phenoxy) is 3. The molecule has 0 heterocycles. The third-order valence-electron chi connectivity index (χ3n) is 2.30. The number of carbonyl (C=O) groups is 1. The number of carbonyl (C=O) groups excluding carboxylic acids is 1. The van der Waals surface area contributed by atoms with Crippen LogP contribution in [0.5, 0.6) is 0 Å². The van der Waals surface area contributed by atoms with Crippen LogP contribution in [0.3, 0.4) is 0 Å². The summed E-state index contributed by atoms with van der Waals surface area (Å²) in [6.07, 6.45) is 1.08. The monoisotopic (exact) mass is 293 g/mol. The molecule has 0 aromatic rings. The van der Waals surface area contributed by atoms with Crippen molar-refractivity contribution >= 4 is 18.5 Å². The average molecular weight is 293 g/mol. The second-order valence-corrected chi connectivity index (χ2v) is 4.84. The van der Waals surface area contributed by atoms with Crippen LogP contribution < -0.4 is 5.32 Å². The molecule has 0 aromatic carbocycles. The van der Waals surface area contributed by atoms with E-state index in [9.17, 15) is 4.79 Å². The summed E-state index contributed by atoms with van der Waals surface area (Å²) in [5.41, 5.74) is 0. The lowest BCUT2D eigenvalue weighted by atomic mass is 10.1. The third-order valence-corrected chi connectivity index (χ3v) is 2.58. The molecule has 0 saturated carbocycles. The number of hydrogen-bond acceptors (Lipinski definition) is 5. The van der Waals surface area contributed by atoms with Gasteiger partial charge in [0, 0.05) is 13.2 Å². The molecule has 0 spiro atoms. The number of amides is 1. The van der Waals surface area contributed by atoms with Gasteiger partial charge >= 0.3 is 0 Å². The molecule has 0 rings (SSSR count). The lowest BCUT2D eigenvalue weighted by molar-refractivity contribution is -0.118. The van der Waals surface area contributed by atoms with Crippen molar-refractivity contribution in [1.82, 2.24) is 5.32 Å². The first-order valence-electron chi connectivity index (χ1n) is 6.77. The summed E-state index contributed by atoms with van der Waals surface area (Å²) in [4.78, 5) is 10.8. The Balaban J connectivity index is 3.01. The van der Waals surface area contributed by atoms with Crippen molar-refractivity contribution in [2.75, 3.05) is 51.9 Å². The maximum atomic E-state index is 10.8. The van der Waals surface area contributed by atoms with E-state index < -0.39 is 0 Å². The SMILES string of the molecule is CC(C)CCOCCOCCOCCNC(=O)CS. The van der Waals surface area contributed by atoms with E-state index in [1.165, 1.54) is 0 Å². The molecule has 0 radical (unpaired) electrons. The van der Waals surface area contributed by atoms with Crippen LogP contribution in [0.4, 0.5) is 0 Å². The van der Waals surface area contributed by atoms with Gasteiger partial charge in [0.15, 0.2) is 0 Å². The normalized spacial score (nSPS) is 10.9. The fourth-order valence-corrected chi connectivity index (χ4v) is 1.29. The van der Waals surface area contributed by atoms with Gasteiger partial charge < -0.3 is 19.5 Å². The molecule has 19 heavy (non-hydrogen) atoms. The molecule has 0 aliphatic heterocycles. The highest BCUT2D eigenvalue weighted by atomic mass is 32.1. The topological polar surface area (TPSA) is 56.8 Å². The first kappa shape index (κ1) is 18.7. The molecule has 114 valence electrons. The molecule has 0 unspecified atom stereocenters. The Hall–Kier alpha value is -0.300. The molecule has 0 fully saturated rings. The van der Waals surface area contributed by atoms with Gasteiger partial charge in [0.25, 0.3) is 0 Å². The Morgan fingerprint density at radius 2 is 1.53 bits per heavy atom. The van der Waals surface area contributed by atoms with Crippen molar-refractivity contribution in [2.24, 2.45) is 5.92 Å². The average Bonchev–Trinajstić information content (AvgIpc) is 2.39. The van der Waals surface area contributed by atoms with Gasteiger partial charge in [-0.2, -0.15) is 12.6 Å². The van der Waals surface area contributed by atoms with Crippen molar-refractivity contribution in [3.05, 3.63) is 0 Å². The van der Waals surface area contributed by atoms with Crippen LogP contribution in [0.2, 0.25) is 0 Å². The molecule has 1 amide bonds. The molecule has 0 aliphatic carbocycles. The summed E-state index contributed by atoms with van der Waals surface area (Å²) in [7, 11) is 0. The van der Waals surface area contributed by atoms with E-state index in [2.05, 4.69) is 31.8 Å². The zero-order valence-corrected chi connectivity index (χ0v) is 12.9. The van der Waals surface area contributed by atoms with Gasteiger partial charge in [0.2, 0.25) is 5.91 Å². The quantitative estimate of drug-likeness (QED) is 0.395. The third kappa shape index (κ3) is 15.6. The Labute approximate surface area is 121 Å². The minimum Gasteiger partial charge on any atom is -0.379 e. The van der Waals surface area contributed by atoms with Crippen molar-refractivity contribution in [1.29, 1.82) is 0 Å². The van der Waals surface area contributed by atoms with Gasteiger partial charge in [-0.1, -0.05) is 13.8 Å². The minimum absolute atomic E-state index is 0.0817. The summed E-state index contributed by atoms with van der Waals surface area (Å²) in [6.45, 7) is 8.46. The molecule has 0 aromatic heterocycles. The van der Waals surface area contributed by atoms with Crippen LogP contribution >= 0.6 is 12.6 Å². The molecule has 5 nitrogen and oxygen atoms in total. The van der Waals surface area contributed by atoms with Gasteiger partial charge in [-0.15, -0.1) is 0 Å². The van der Waals surface area contributed by atoms with Crippen LogP contribution in [0.15, 0.2) is 0 Å². The van der Waals surface area contributed by atoms with E-state index in [4.69, 9.17) is 14.2 Å². The Morgan fingerprint density at radius 1 is 1.00 bits per heavy atom. The van der Waals surface area contributed by atoms with Crippen LogP contribution in [0, 0.1) is 5.92 Å². The van der Waals surface area contributed by atoms with E-state index in [1.54, 1.807) is 0 Å². The molecule has 6 heteroatoms. The summed E-state index contributed by atoms with van der Waals surface area (Å²) in [6, 6.07) is 0. The zero-order chi connectivity index (χ0) is 14.3. The van der Waals surface area contributed by atoms with E-state index in [-0.39, 0.29) is 11.7 Å². The van der Waals surface area contributed by atoms with Gasteiger partial charge in [0.05, 0.1) is 38.8 Å². The van der Waals surface area contributed by atoms with E-state index >= 15 is 0 Å². The lowest BCUT2D eigenvalue weighted by Crippen LogP contribution is -2.28. The second-order valence-electron chi connectivity index (χ2n) is 4.53. The Bertz CT molecular complexity index is 215. The Morgan fingerprint density at radius 3 is 2.05 bits per heavy atom. The number of thiol groups is 1. The fraction of sp³-hybridized carbons (Fsp3) is 0.923. The highest BCUT2D eigenvalue weighted by Gasteiger charge is 1.96. The lowest BCUT2D eigenvalue weighted by Gasteiger charge is -2.08. The van der Waals surface area contributed by atoms with Crippen molar-refractivity contribution in [3.63, 3.8) is 0 Å². The van der Waals surface area contributed by atoms with Crippen molar-refractivity contribution in [3.8, 4) is 0 Å². The number of rotatable bonds is 13. The van der Waals surface area contributed by atoms with E-state index in [0.29, 0.717) is 45.5 Å². The maximum absolute atomic E-state index is 10.8. The molecule has 0 saturated heterocycles.